The van der Waals surface area contributed by atoms with Crippen LogP contribution in [0.2, 0.25) is 0 Å². The van der Waals surface area contributed by atoms with E-state index in [-0.39, 0.29) is 0 Å². The summed E-state index contributed by atoms with van der Waals surface area (Å²) in [7, 11) is 0. The number of hydrogen-bond donors (Lipinski definition) is 2. The summed E-state index contributed by atoms with van der Waals surface area (Å²) >= 11 is 0. The molecule has 0 bridgehead atoms. The maximum Gasteiger partial charge on any atom is 0.136 e. The molecule has 0 aromatic rings. The van der Waals surface area contributed by atoms with Crippen LogP contribution in [0.25, 0.3) is 0 Å². The van der Waals surface area contributed by atoms with Crippen LogP contribution in [0.1, 0.15) is 6.92 Å². The second kappa shape index (κ2) is 1.20. The number of nitrogens with one attached hydrogen (secondary N) is 2. The van der Waals surface area contributed by atoms with Crippen LogP contribution in [0.15, 0.2) is 11.9 Å². The van der Waals surface area contributed by atoms with Crippen molar-refractivity contribution in [1.82, 2.24) is 10.6 Å². The molecule has 0 aromatic carbocycles. The lowest BCUT2D eigenvalue weighted by molar-refractivity contribution is 0.947. The van der Waals surface area contributed by atoms with E-state index in [1.165, 1.54) is 0 Å². The molecule has 0 aromatic heterocycles. The molecule has 0 saturated heterocycles. The summed E-state index contributed by atoms with van der Waals surface area (Å²) in [5.41, 5.74) is 1.16. The third-order valence-corrected chi connectivity index (χ3v) is 0.683. The van der Waals surface area contributed by atoms with Gasteiger partial charge in [-0.15, -0.1) is 0 Å². The third kappa shape index (κ3) is 0.455. The molecule has 1 aliphatic heterocycles. The van der Waals surface area contributed by atoms with Gasteiger partial charge >= 0.3 is 0 Å². The van der Waals surface area contributed by atoms with E-state index in [4.69, 9.17) is 0 Å². The summed E-state index contributed by atoms with van der Waals surface area (Å²) in [5.74, 6) is 0. The lowest BCUT2D eigenvalue weighted by Crippen LogP contribution is -2.04. The molecule has 0 atom stereocenters. The minimum Gasteiger partial charge on any atom is -0.367 e. The molecule has 1 radical (unpaired) electrons. The Labute approximate surface area is 37.2 Å². The summed E-state index contributed by atoms with van der Waals surface area (Å²) in [6, 6.07) is 0. The zero-order valence-corrected chi connectivity index (χ0v) is 3.65. The Morgan fingerprint density at radius 2 is 2.50 bits per heavy atom. The Hall–Kier alpha value is -0.660. The van der Waals surface area contributed by atoms with Crippen LogP contribution in [-0.4, -0.2) is 0 Å². The summed E-state index contributed by atoms with van der Waals surface area (Å²) in [6.45, 7) is 3.78. The van der Waals surface area contributed by atoms with Crippen molar-refractivity contribution >= 4 is 0 Å². The van der Waals surface area contributed by atoms with Crippen LogP contribution < -0.4 is 10.6 Å². The van der Waals surface area contributed by atoms with Crippen molar-refractivity contribution in [3.63, 3.8) is 0 Å². The first kappa shape index (κ1) is 3.53. The van der Waals surface area contributed by atoms with Gasteiger partial charge in [0.15, 0.2) is 0 Å². The van der Waals surface area contributed by atoms with Gasteiger partial charge in [-0.2, -0.15) is 0 Å². The van der Waals surface area contributed by atoms with Crippen molar-refractivity contribution in [2.45, 2.75) is 6.92 Å². The smallest absolute Gasteiger partial charge is 0.136 e. The zero-order valence-electron chi connectivity index (χ0n) is 3.65. The topological polar surface area (TPSA) is 24.1 Å². The van der Waals surface area contributed by atoms with E-state index in [0.29, 0.717) is 0 Å². The first-order chi connectivity index (χ1) is 2.89. The highest BCUT2D eigenvalue weighted by atomic mass is 15.1. The standard InChI is InChI=1S/C4H7N2/c1-4-2-5-3-6-4/h2-3,5-6H,1H3. The van der Waals surface area contributed by atoms with Crippen molar-refractivity contribution in [2.24, 2.45) is 0 Å². The normalized spacial score (nSPS) is 18.5. The quantitative estimate of drug-likeness (QED) is 0.436. The first-order valence-corrected chi connectivity index (χ1v) is 1.90. The molecule has 1 aliphatic rings. The summed E-state index contributed by atoms with van der Waals surface area (Å²) in [4.78, 5) is 0. The molecule has 0 amide bonds. The van der Waals surface area contributed by atoms with E-state index in [2.05, 4.69) is 10.6 Å². The highest BCUT2D eigenvalue weighted by Gasteiger charge is 1.91. The Morgan fingerprint density at radius 1 is 1.67 bits per heavy atom. The highest BCUT2D eigenvalue weighted by molar-refractivity contribution is 5.02. The minimum absolute atomic E-state index is 1.16. The van der Waals surface area contributed by atoms with E-state index in [1.54, 1.807) is 6.67 Å². The maximum atomic E-state index is 2.94. The van der Waals surface area contributed by atoms with Crippen LogP contribution in [0.4, 0.5) is 0 Å². The fourth-order valence-electron chi connectivity index (χ4n) is 0.364. The molecular formula is C4H7N2. The van der Waals surface area contributed by atoms with Gasteiger partial charge in [-0.25, -0.2) is 0 Å². The molecule has 0 fully saturated rings. The predicted octanol–water partition coefficient (Wildman–Crippen LogP) is 0.160. The summed E-state index contributed by atoms with van der Waals surface area (Å²) in [5, 5.41) is 5.82. The Balaban J connectivity index is 2.45. The number of rotatable bonds is 0. The fourth-order valence-corrected chi connectivity index (χ4v) is 0.364. The van der Waals surface area contributed by atoms with E-state index in [1.807, 2.05) is 13.1 Å². The minimum atomic E-state index is 1.16. The second-order valence-corrected chi connectivity index (χ2v) is 1.28. The molecule has 1 heterocycles. The molecule has 1 rings (SSSR count). The average molecular weight is 83.1 g/mol. The van der Waals surface area contributed by atoms with Crippen molar-refractivity contribution < 1.29 is 0 Å². The average Bonchev–Trinajstić information content (AvgIpc) is 1.86. The largest absolute Gasteiger partial charge is 0.367 e. The lowest BCUT2D eigenvalue weighted by atomic mass is 10.6. The van der Waals surface area contributed by atoms with Crippen molar-refractivity contribution in [2.75, 3.05) is 0 Å². The predicted molar refractivity (Wildman–Crippen MR) is 24.3 cm³/mol. The molecular weight excluding hydrogens is 76.1 g/mol. The van der Waals surface area contributed by atoms with Gasteiger partial charge in [-0.05, 0) is 6.92 Å². The fraction of sp³-hybridized carbons (Fsp3) is 0.250. The molecule has 0 unspecified atom stereocenters. The van der Waals surface area contributed by atoms with Crippen LogP contribution in [0.5, 0.6) is 0 Å². The Bertz CT molecular complexity index is 75.6. The van der Waals surface area contributed by atoms with Crippen molar-refractivity contribution in [1.29, 1.82) is 0 Å². The Kier molecular flexibility index (Phi) is 0.708. The van der Waals surface area contributed by atoms with E-state index < -0.39 is 0 Å². The summed E-state index contributed by atoms with van der Waals surface area (Å²) in [6.07, 6.45) is 1.90. The van der Waals surface area contributed by atoms with Gasteiger partial charge in [-0.1, -0.05) is 0 Å². The zero-order chi connectivity index (χ0) is 4.41. The molecule has 0 spiro atoms. The number of hydrogen-bond acceptors (Lipinski definition) is 2. The van der Waals surface area contributed by atoms with Crippen LogP contribution in [0, 0.1) is 6.67 Å². The van der Waals surface area contributed by atoms with Gasteiger partial charge in [0.25, 0.3) is 0 Å². The van der Waals surface area contributed by atoms with Crippen molar-refractivity contribution in [3.05, 3.63) is 18.6 Å². The molecule has 0 saturated carbocycles. The van der Waals surface area contributed by atoms with E-state index in [9.17, 15) is 0 Å². The van der Waals surface area contributed by atoms with Gasteiger partial charge in [0.2, 0.25) is 0 Å². The molecule has 0 aliphatic carbocycles. The van der Waals surface area contributed by atoms with Crippen LogP contribution >= 0.6 is 0 Å². The van der Waals surface area contributed by atoms with Gasteiger partial charge in [-0.3, -0.25) is 0 Å². The first-order valence-electron chi connectivity index (χ1n) is 1.90. The molecule has 33 valence electrons. The van der Waals surface area contributed by atoms with Crippen LogP contribution in [0.3, 0.4) is 0 Å². The Morgan fingerprint density at radius 3 is 2.67 bits per heavy atom. The third-order valence-electron chi connectivity index (χ3n) is 0.683. The van der Waals surface area contributed by atoms with E-state index >= 15 is 0 Å². The molecule has 2 heteroatoms. The summed E-state index contributed by atoms with van der Waals surface area (Å²) < 4.78 is 0. The molecule has 2 nitrogen and oxygen atoms in total. The SMILES string of the molecule is CC1=CN[CH]N1. The van der Waals surface area contributed by atoms with Crippen molar-refractivity contribution in [3.8, 4) is 0 Å². The van der Waals surface area contributed by atoms with Gasteiger partial charge in [0, 0.05) is 11.9 Å². The second-order valence-electron chi connectivity index (χ2n) is 1.28. The monoisotopic (exact) mass is 83.1 g/mol. The van der Waals surface area contributed by atoms with E-state index in [0.717, 1.165) is 5.70 Å². The molecule has 2 N–H and O–H groups in total. The highest BCUT2D eigenvalue weighted by Crippen LogP contribution is 1.88. The van der Waals surface area contributed by atoms with Gasteiger partial charge in [0.05, 0.1) is 0 Å². The maximum absolute atomic E-state index is 2.94. The van der Waals surface area contributed by atoms with Gasteiger partial charge in [0.1, 0.15) is 6.67 Å². The van der Waals surface area contributed by atoms with Crippen LogP contribution in [-0.2, 0) is 0 Å². The van der Waals surface area contributed by atoms with Gasteiger partial charge < -0.3 is 10.6 Å². The lowest BCUT2D eigenvalue weighted by Gasteiger charge is -1.86. The number of allylic oxidation sites excluding steroid dienone is 1. The molecule has 6 heavy (non-hydrogen) atoms.